The lowest BCUT2D eigenvalue weighted by atomic mass is 10.1. The Labute approximate surface area is 86.0 Å². The molecule has 0 aromatic carbocycles. The van der Waals surface area contributed by atoms with E-state index in [4.69, 9.17) is 16.3 Å². The van der Waals surface area contributed by atoms with Crippen LogP contribution in [0.3, 0.4) is 0 Å². The Morgan fingerprint density at radius 3 is 2.85 bits per heavy atom. The molecule has 1 N–H and O–H groups in total. The van der Waals surface area contributed by atoms with Gasteiger partial charge in [-0.2, -0.15) is 0 Å². The quantitative estimate of drug-likeness (QED) is 0.508. The highest BCUT2D eigenvalue weighted by atomic mass is 35.5. The van der Waals surface area contributed by atoms with Crippen LogP contribution in [-0.4, -0.2) is 31.7 Å². The van der Waals surface area contributed by atoms with Crippen molar-refractivity contribution >= 4 is 11.6 Å². The predicted molar refractivity (Wildman–Crippen MR) is 56.4 cm³/mol. The highest BCUT2D eigenvalue weighted by molar-refractivity contribution is 6.17. The molecule has 1 fully saturated rings. The van der Waals surface area contributed by atoms with Crippen LogP contribution >= 0.6 is 11.6 Å². The molecule has 0 saturated carbocycles. The molecule has 78 valence electrons. The van der Waals surface area contributed by atoms with Gasteiger partial charge in [0.05, 0.1) is 6.10 Å². The van der Waals surface area contributed by atoms with Gasteiger partial charge in [0.25, 0.3) is 0 Å². The molecule has 0 bridgehead atoms. The molecule has 1 unspecified atom stereocenters. The molecular formula is C10H20ClNO. The molecule has 0 aliphatic carbocycles. The van der Waals surface area contributed by atoms with Crippen LogP contribution in [-0.2, 0) is 4.74 Å². The molecule has 3 heteroatoms. The lowest BCUT2D eigenvalue weighted by molar-refractivity contribution is 0.102. The molecule has 1 rings (SSSR count). The maximum absolute atomic E-state index is 5.56. The van der Waals surface area contributed by atoms with E-state index in [2.05, 4.69) is 5.32 Å². The molecule has 1 heterocycles. The normalized spacial score (nSPS) is 22.4. The molecule has 1 aliphatic rings. The van der Waals surface area contributed by atoms with Gasteiger partial charge in [0.2, 0.25) is 0 Å². The molecule has 0 spiro atoms. The Kier molecular flexibility index (Phi) is 6.60. The van der Waals surface area contributed by atoms with E-state index in [0.29, 0.717) is 6.10 Å². The number of hydrogen-bond acceptors (Lipinski definition) is 2. The van der Waals surface area contributed by atoms with E-state index in [-0.39, 0.29) is 0 Å². The van der Waals surface area contributed by atoms with E-state index in [1.54, 1.807) is 0 Å². The first-order valence-electron chi connectivity index (χ1n) is 5.32. The largest absolute Gasteiger partial charge is 0.378 e. The van der Waals surface area contributed by atoms with E-state index in [0.717, 1.165) is 32.0 Å². The van der Waals surface area contributed by atoms with Crippen molar-refractivity contribution in [3.63, 3.8) is 0 Å². The van der Waals surface area contributed by atoms with Crippen molar-refractivity contribution in [2.24, 2.45) is 0 Å². The van der Waals surface area contributed by atoms with Crippen LogP contribution in [0.25, 0.3) is 0 Å². The van der Waals surface area contributed by atoms with Crippen molar-refractivity contribution in [2.45, 2.75) is 38.2 Å². The van der Waals surface area contributed by atoms with Crippen molar-refractivity contribution < 1.29 is 4.74 Å². The fraction of sp³-hybridized carbons (Fsp3) is 1.00. The third-order valence-electron chi connectivity index (χ3n) is 2.39. The highest BCUT2D eigenvalue weighted by Crippen LogP contribution is 2.16. The van der Waals surface area contributed by atoms with Gasteiger partial charge in [0, 0.05) is 12.5 Å². The summed E-state index contributed by atoms with van der Waals surface area (Å²) in [6.45, 7) is 3.14. The SMILES string of the molecule is ClCCCNCCCC1CCCO1. The smallest absolute Gasteiger partial charge is 0.0576 e. The molecule has 1 atom stereocenters. The van der Waals surface area contributed by atoms with E-state index in [1.807, 2.05) is 0 Å². The summed E-state index contributed by atoms with van der Waals surface area (Å²) in [6.07, 6.45) is 6.59. The van der Waals surface area contributed by atoms with Gasteiger partial charge < -0.3 is 10.1 Å². The number of alkyl halides is 1. The molecule has 0 aromatic rings. The van der Waals surface area contributed by atoms with Gasteiger partial charge >= 0.3 is 0 Å². The Bertz CT molecular complexity index is 115. The summed E-state index contributed by atoms with van der Waals surface area (Å²) in [7, 11) is 0. The van der Waals surface area contributed by atoms with Gasteiger partial charge in [-0.3, -0.25) is 0 Å². The Morgan fingerprint density at radius 2 is 2.15 bits per heavy atom. The Balaban J connectivity index is 1.78. The third kappa shape index (κ3) is 5.50. The van der Waals surface area contributed by atoms with E-state index < -0.39 is 0 Å². The first-order chi connectivity index (χ1) is 6.43. The Hall–Kier alpha value is 0.210. The van der Waals surface area contributed by atoms with Gasteiger partial charge in [0.1, 0.15) is 0 Å². The molecule has 0 aromatic heterocycles. The molecule has 1 saturated heterocycles. The van der Waals surface area contributed by atoms with Crippen LogP contribution in [0.5, 0.6) is 0 Å². The zero-order valence-corrected chi connectivity index (χ0v) is 8.98. The second-order valence-corrected chi connectivity index (χ2v) is 3.95. The van der Waals surface area contributed by atoms with E-state index in [9.17, 15) is 0 Å². The maximum Gasteiger partial charge on any atom is 0.0576 e. The average Bonchev–Trinajstić information content (AvgIpc) is 2.63. The second-order valence-electron chi connectivity index (χ2n) is 3.57. The lowest BCUT2D eigenvalue weighted by Gasteiger charge is -2.08. The summed E-state index contributed by atoms with van der Waals surface area (Å²) in [4.78, 5) is 0. The van der Waals surface area contributed by atoms with Crippen molar-refractivity contribution in [1.29, 1.82) is 0 Å². The van der Waals surface area contributed by atoms with Crippen LogP contribution in [0.2, 0.25) is 0 Å². The van der Waals surface area contributed by atoms with Gasteiger partial charge in [-0.25, -0.2) is 0 Å². The fourth-order valence-corrected chi connectivity index (χ4v) is 1.78. The molecule has 2 nitrogen and oxygen atoms in total. The topological polar surface area (TPSA) is 21.3 Å². The predicted octanol–water partition coefficient (Wildman–Crippen LogP) is 2.16. The van der Waals surface area contributed by atoms with Crippen LogP contribution in [0.4, 0.5) is 0 Å². The number of rotatable bonds is 7. The van der Waals surface area contributed by atoms with Gasteiger partial charge in [-0.05, 0) is 45.2 Å². The lowest BCUT2D eigenvalue weighted by Crippen LogP contribution is -2.18. The minimum atomic E-state index is 0.551. The summed E-state index contributed by atoms with van der Waals surface area (Å²) in [5.74, 6) is 0.763. The maximum atomic E-state index is 5.56. The van der Waals surface area contributed by atoms with Crippen LogP contribution < -0.4 is 5.32 Å². The van der Waals surface area contributed by atoms with Gasteiger partial charge in [-0.15, -0.1) is 11.6 Å². The summed E-state index contributed by atoms with van der Waals surface area (Å²) in [6, 6.07) is 0. The van der Waals surface area contributed by atoms with Gasteiger partial charge in [0.15, 0.2) is 0 Å². The van der Waals surface area contributed by atoms with Crippen molar-refractivity contribution in [3.05, 3.63) is 0 Å². The monoisotopic (exact) mass is 205 g/mol. The number of halogens is 1. The van der Waals surface area contributed by atoms with Crippen molar-refractivity contribution in [3.8, 4) is 0 Å². The average molecular weight is 206 g/mol. The van der Waals surface area contributed by atoms with E-state index in [1.165, 1.54) is 25.7 Å². The zero-order chi connectivity index (χ0) is 9.36. The summed E-state index contributed by atoms with van der Waals surface area (Å²) < 4.78 is 5.53. The molecule has 1 aliphatic heterocycles. The molecule has 0 radical (unpaired) electrons. The first kappa shape index (κ1) is 11.3. The van der Waals surface area contributed by atoms with Crippen LogP contribution in [0.1, 0.15) is 32.1 Å². The first-order valence-corrected chi connectivity index (χ1v) is 5.85. The minimum Gasteiger partial charge on any atom is -0.378 e. The number of nitrogens with one attached hydrogen (secondary N) is 1. The second kappa shape index (κ2) is 7.60. The van der Waals surface area contributed by atoms with Crippen LogP contribution in [0, 0.1) is 0 Å². The minimum absolute atomic E-state index is 0.551. The van der Waals surface area contributed by atoms with Crippen molar-refractivity contribution in [1.82, 2.24) is 5.32 Å². The Morgan fingerprint density at radius 1 is 1.31 bits per heavy atom. The van der Waals surface area contributed by atoms with E-state index >= 15 is 0 Å². The summed E-state index contributed by atoms with van der Waals surface area (Å²) >= 11 is 5.56. The standard InChI is InChI=1S/C10H20ClNO/c11-6-3-8-12-7-1-4-10-5-2-9-13-10/h10,12H,1-9H2. The molecular weight excluding hydrogens is 186 g/mol. The highest BCUT2D eigenvalue weighted by Gasteiger charge is 2.13. The summed E-state index contributed by atoms with van der Waals surface area (Å²) in [5, 5.41) is 3.37. The molecule has 0 amide bonds. The van der Waals surface area contributed by atoms with Crippen LogP contribution in [0.15, 0.2) is 0 Å². The van der Waals surface area contributed by atoms with Gasteiger partial charge in [-0.1, -0.05) is 0 Å². The number of hydrogen-bond donors (Lipinski definition) is 1. The zero-order valence-electron chi connectivity index (χ0n) is 8.23. The fourth-order valence-electron chi connectivity index (χ4n) is 1.64. The molecule has 13 heavy (non-hydrogen) atoms. The number of ether oxygens (including phenoxy) is 1. The summed E-state index contributed by atoms with van der Waals surface area (Å²) in [5.41, 5.74) is 0. The van der Waals surface area contributed by atoms with Crippen molar-refractivity contribution in [2.75, 3.05) is 25.6 Å². The third-order valence-corrected chi connectivity index (χ3v) is 2.66.